The Labute approximate surface area is 238 Å². The zero-order valence-electron chi connectivity index (χ0n) is 23.3. The third-order valence-electron chi connectivity index (χ3n) is 7.11. The van der Waals surface area contributed by atoms with Gasteiger partial charge in [-0.25, -0.2) is 9.37 Å². The van der Waals surface area contributed by atoms with E-state index in [0.717, 1.165) is 38.0 Å². The highest BCUT2D eigenvalue weighted by Crippen LogP contribution is 2.38. The molecule has 1 aliphatic rings. The number of halogens is 1. The molecule has 2 aromatic carbocycles. The number of imidazole rings is 1. The number of pyridine rings is 1. The van der Waals surface area contributed by atoms with E-state index in [4.69, 9.17) is 14.2 Å². The summed E-state index contributed by atoms with van der Waals surface area (Å²) in [7, 11) is -2.39. The molecular formula is C29H34FN5O5S. The number of aromatic amines is 1. The summed E-state index contributed by atoms with van der Waals surface area (Å²) in [6.07, 6.45) is 6.15. The summed E-state index contributed by atoms with van der Waals surface area (Å²) in [5.74, 6) is 1.88. The third kappa shape index (κ3) is 6.88. The van der Waals surface area contributed by atoms with Gasteiger partial charge in [-0.2, -0.15) is 8.42 Å². The Balaban J connectivity index is 1.27. The molecular weight excluding hydrogens is 549 g/mol. The molecule has 0 unspecified atom stereocenters. The number of anilines is 1. The normalized spacial score (nSPS) is 14.7. The zero-order valence-corrected chi connectivity index (χ0v) is 24.1. The number of hydrogen-bond donors (Lipinski definition) is 2. The van der Waals surface area contributed by atoms with Gasteiger partial charge in [-0.05, 0) is 69.5 Å². The molecule has 10 nitrogen and oxygen atoms in total. The maximum atomic E-state index is 15.0. The predicted octanol–water partition coefficient (Wildman–Crippen LogP) is 5.51. The minimum atomic E-state index is -3.95. The molecule has 41 heavy (non-hydrogen) atoms. The van der Waals surface area contributed by atoms with E-state index in [9.17, 15) is 8.42 Å². The number of rotatable bonds is 11. The molecule has 4 aromatic rings. The Morgan fingerprint density at radius 2 is 1.88 bits per heavy atom. The van der Waals surface area contributed by atoms with Gasteiger partial charge in [0.1, 0.15) is 11.6 Å². The fourth-order valence-electron chi connectivity index (χ4n) is 4.76. The molecule has 1 saturated heterocycles. The third-order valence-corrected chi connectivity index (χ3v) is 8.40. The van der Waals surface area contributed by atoms with Gasteiger partial charge in [-0.15, -0.1) is 0 Å². The first kappa shape index (κ1) is 28.6. The second-order valence-electron chi connectivity index (χ2n) is 10.2. The van der Waals surface area contributed by atoms with E-state index in [1.54, 1.807) is 38.4 Å². The number of hydrogen-bond acceptors (Lipinski definition) is 8. The molecule has 2 N–H and O–H groups in total. The number of piperidine rings is 1. The molecule has 5 rings (SSSR count). The Bertz CT molecular complexity index is 1620. The van der Waals surface area contributed by atoms with Crippen molar-refractivity contribution >= 4 is 26.6 Å². The first-order valence-electron chi connectivity index (χ1n) is 13.6. The summed E-state index contributed by atoms with van der Waals surface area (Å²) in [6.45, 7) is 7.75. The molecule has 0 radical (unpaired) electrons. The standard InChI is InChI=1S/C29H34FN5O5S/c1-19-8-12-35(13-9-19)11-4-14-39-28-17-24-22(16-27(28)38-3)25(7-10-31-24)40-26-6-5-21(15-23(26)30)34-41(36,37)29-18-32-20(2)33-29/h5-7,10,15-19,34H,4,8-9,11-14H2,1-3H3,(H,32,33). The number of ether oxygens (including phenoxy) is 3. The Morgan fingerprint density at radius 1 is 1.07 bits per heavy atom. The summed E-state index contributed by atoms with van der Waals surface area (Å²) in [5.41, 5.74) is 0.642. The van der Waals surface area contributed by atoms with Crippen LogP contribution in [0, 0.1) is 18.7 Å². The molecule has 12 heteroatoms. The number of aromatic nitrogens is 3. The summed E-state index contributed by atoms with van der Waals surface area (Å²) in [6, 6.07) is 8.99. The highest BCUT2D eigenvalue weighted by atomic mass is 32.2. The van der Waals surface area contributed by atoms with Gasteiger partial charge in [0.25, 0.3) is 10.0 Å². The van der Waals surface area contributed by atoms with Crippen LogP contribution in [0.5, 0.6) is 23.0 Å². The number of H-pyrrole nitrogens is 1. The molecule has 218 valence electrons. The highest BCUT2D eigenvalue weighted by Gasteiger charge is 2.19. The van der Waals surface area contributed by atoms with Crippen LogP contribution in [0.1, 0.15) is 32.0 Å². The monoisotopic (exact) mass is 583 g/mol. The second-order valence-corrected chi connectivity index (χ2v) is 11.9. The number of nitrogens with zero attached hydrogens (tertiary/aromatic N) is 3. The quantitative estimate of drug-likeness (QED) is 0.222. The van der Waals surface area contributed by atoms with Crippen LogP contribution in [0.25, 0.3) is 10.9 Å². The minimum absolute atomic E-state index is 0.0417. The number of nitrogens with one attached hydrogen (secondary N) is 2. The van der Waals surface area contributed by atoms with Crippen LogP contribution < -0.4 is 18.9 Å². The van der Waals surface area contributed by atoms with E-state index in [-0.39, 0.29) is 16.5 Å². The number of likely N-dealkylation sites (tertiary alicyclic amines) is 1. The van der Waals surface area contributed by atoms with Crippen LogP contribution in [-0.2, 0) is 10.0 Å². The van der Waals surface area contributed by atoms with Gasteiger partial charge in [0.2, 0.25) is 0 Å². The predicted molar refractivity (Wildman–Crippen MR) is 154 cm³/mol. The Morgan fingerprint density at radius 3 is 2.59 bits per heavy atom. The van der Waals surface area contributed by atoms with Crippen LogP contribution in [0.2, 0.25) is 0 Å². The van der Waals surface area contributed by atoms with Gasteiger partial charge in [-0.1, -0.05) is 6.92 Å². The minimum Gasteiger partial charge on any atom is -0.493 e. The summed E-state index contributed by atoms with van der Waals surface area (Å²) in [4.78, 5) is 13.5. The zero-order chi connectivity index (χ0) is 29.0. The van der Waals surface area contributed by atoms with E-state index < -0.39 is 15.8 Å². The molecule has 1 aliphatic heterocycles. The van der Waals surface area contributed by atoms with Gasteiger partial charge in [0.15, 0.2) is 28.1 Å². The van der Waals surface area contributed by atoms with Crippen molar-refractivity contribution in [1.82, 2.24) is 19.9 Å². The summed E-state index contributed by atoms with van der Waals surface area (Å²) >= 11 is 0. The average molecular weight is 584 g/mol. The van der Waals surface area contributed by atoms with Gasteiger partial charge < -0.3 is 24.1 Å². The fraction of sp³-hybridized carbons (Fsp3) is 0.379. The smallest absolute Gasteiger partial charge is 0.278 e. The molecule has 0 spiro atoms. The molecule has 2 aromatic heterocycles. The van der Waals surface area contributed by atoms with Crippen LogP contribution in [0.3, 0.4) is 0 Å². The van der Waals surface area contributed by atoms with Gasteiger partial charge in [0, 0.05) is 30.3 Å². The summed E-state index contributed by atoms with van der Waals surface area (Å²) < 4.78 is 59.9. The lowest BCUT2D eigenvalue weighted by atomic mass is 9.99. The van der Waals surface area contributed by atoms with E-state index in [1.807, 2.05) is 0 Å². The molecule has 0 saturated carbocycles. The van der Waals surface area contributed by atoms with Crippen LogP contribution in [-0.4, -0.2) is 61.6 Å². The molecule has 0 bridgehead atoms. The number of sulfonamides is 1. The van der Waals surface area contributed by atoms with Crippen molar-refractivity contribution in [2.75, 3.05) is 38.1 Å². The van der Waals surface area contributed by atoms with Crippen molar-refractivity contribution in [2.45, 2.75) is 38.1 Å². The van der Waals surface area contributed by atoms with E-state index >= 15 is 4.39 Å². The number of methoxy groups -OCH3 is 1. The number of fused-ring (bicyclic) bond motifs is 1. The largest absolute Gasteiger partial charge is 0.493 e. The first-order chi connectivity index (χ1) is 19.7. The van der Waals surface area contributed by atoms with Crippen LogP contribution in [0.15, 0.2) is 53.8 Å². The van der Waals surface area contributed by atoms with Gasteiger partial charge in [0.05, 0.1) is 31.1 Å². The van der Waals surface area contributed by atoms with Crippen molar-refractivity contribution in [3.8, 4) is 23.0 Å². The summed E-state index contributed by atoms with van der Waals surface area (Å²) in [5, 5.41) is 0.492. The van der Waals surface area contributed by atoms with Crippen LogP contribution in [0.4, 0.5) is 10.1 Å². The maximum absolute atomic E-state index is 15.0. The molecule has 3 heterocycles. The van der Waals surface area contributed by atoms with E-state index in [2.05, 4.69) is 31.5 Å². The van der Waals surface area contributed by atoms with Crippen LogP contribution >= 0.6 is 0 Å². The van der Waals surface area contributed by atoms with E-state index in [1.165, 1.54) is 31.2 Å². The van der Waals surface area contributed by atoms with Crippen molar-refractivity contribution in [2.24, 2.45) is 5.92 Å². The van der Waals surface area contributed by atoms with Crippen molar-refractivity contribution in [1.29, 1.82) is 0 Å². The molecule has 0 aliphatic carbocycles. The lowest BCUT2D eigenvalue weighted by Crippen LogP contribution is -2.34. The van der Waals surface area contributed by atoms with E-state index in [0.29, 0.717) is 40.6 Å². The fourth-order valence-corrected chi connectivity index (χ4v) is 5.78. The van der Waals surface area contributed by atoms with Crippen molar-refractivity contribution in [3.05, 3.63) is 60.4 Å². The molecule has 1 fully saturated rings. The lowest BCUT2D eigenvalue weighted by Gasteiger charge is -2.30. The average Bonchev–Trinajstić information content (AvgIpc) is 3.40. The second kappa shape index (κ2) is 12.3. The van der Waals surface area contributed by atoms with Gasteiger partial charge >= 0.3 is 0 Å². The Hall–Kier alpha value is -3.90. The SMILES string of the molecule is COc1cc2c(Oc3ccc(NS(=O)(=O)c4cnc(C)[nH]4)cc3F)ccnc2cc1OCCCN1CCC(C)CC1. The Kier molecular flexibility index (Phi) is 8.60. The molecule has 0 amide bonds. The highest BCUT2D eigenvalue weighted by molar-refractivity contribution is 7.92. The number of benzene rings is 2. The topological polar surface area (TPSA) is 119 Å². The van der Waals surface area contributed by atoms with Gasteiger partial charge in [-0.3, -0.25) is 9.71 Å². The van der Waals surface area contributed by atoms with Crippen molar-refractivity contribution < 1.29 is 27.0 Å². The van der Waals surface area contributed by atoms with Crippen molar-refractivity contribution in [3.63, 3.8) is 0 Å². The first-order valence-corrected chi connectivity index (χ1v) is 15.0. The lowest BCUT2D eigenvalue weighted by molar-refractivity contribution is 0.176. The maximum Gasteiger partial charge on any atom is 0.278 e. The molecule has 0 atom stereocenters. The number of aryl methyl sites for hydroxylation is 1.